The van der Waals surface area contributed by atoms with Crippen LogP contribution in [-0.4, -0.2) is 50.4 Å². The molecule has 4 aromatic rings. The van der Waals surface area contributed by atoms with Gasteiger partial charge in [0.15, 0.2) is 0 Å². The number of nitrogens with one attached hydrogen (secondary N) is 1. The molecule has 0 saturated carbocycles. The van der Waals surface area contributed by atoms with Crippen molar-refractivity contribution in [3.05, 3.63) is 65.0 Å². The van der Waals surface area contributed by atoms with Crippen LogP contribution in [-0.2, 0) is 4.79 Å². The molecule has 0 saturated heterocycles. The number of anilines is 1. The number of fused-ring (bicyclic) bond motifs is 2. The van der Waals surface area contributed by atoms with E-state index in [4.69, 9.17) is 4.74 Å². The van der Waals surface area contributed by atoms with E-state index in [2.05, 4.69) is 15.4 Å². The van der Waals surface area contributed by atoms with Crippen molar-refractivity contribution >= 4 is 40.0 Å². The highest BCUT2D eigenvalue weighted by Gasteiger charge is 2.44. The van der Waals surface area contributed by atoms with Crippen molar-refractivity contribution < 1.29 is 19.1 Å². The average molecular weight is 490 g/mol. The number of aromatic nitrogens is 3. The number of carbonyl (C=O) groups is 3. The van der Waals surface area contributed by atoms with Gasteiger partial charge in [0.2, 0.25) is 10.9 Å². The number of amides is 3. The first-order valence-corrected chi connectivity index (χ1v) is 12.1. The van der Waals surface area contributed by atoms with Crippen LogP contribution in [0.2, 0.25) is 0 Å². The molecule has 10 heteroatoms. The number of imide groups is 1. The highest BCUT2D eigenvalue weighted by Crippen LogP contribution is 2.30. The van der Waals surface area contributed by atoms with Crippen LogP contribution in [0.1, 0.15) is 41.0 Å². The fourth-order valence-electron chi connectivity index (χ4n) is 4.19. The third-order valence-corrected chi connectivity index (χ3v) is 7.07. The van der Waals surface area contributed by atoms with Crippen molar-refractivity contribution in [1.29, 1.82) is 0 Å². The number of rotatable bonds is 7. The van der Waals surface area contributed by atoms with Crippen LogP contribution < -0.4 is 10.1 Å². The summed E-state index contributed by atoms with van der Waals surface area (Å²) in [4.78, 5) is 45.6. The summed E-state index contributed by atoms with van der Waals surface area (Å²) in [6.07, 6.45) is 0.596. The Hall–Kier alpha value is -4.05. The smallest absolute Gasteiger partial charge is 0.262 e. The van der Waals surface area contributed by atoms with Crippen molar-refractivity contribution in [3.8, 4) is 17.0 Å². The first-order valence-electron chi connectivity index (χ1n) is 11.2. The van der Waals surface area contributed by atoms with E-state index in [1.165, 1.54) is 11.3 Å². The van der Waals surface area contributed by atoms with Gasteiger partial charge in [-0.1, -0.05) is 32.4 Å². The Morgan fingerprint density at radius 1 is 1.09 bits per heavy atom. The van der Waals surface area contributed by atoms with Crippen LogP contribution >= 0.6 is 11.3 Å². The SMILES string of the molecule is CCC(C)C(C(=O)Nc1nc2scc(-c3ccc(OC)cc3)n2n1)N1C(=O)c2ccccc2C1=O. The van der Waals surface area contributed by atoms with Gasteiger partial charge < -0.3 is 4.74 Å². The molecule has 1 N–H and O–H groups in total. The van der Waals surface area contributed by atoms with Crippen LogP contribution in [0.5, 0.6) is 5.75 Å². The molecular weight excluding hydrogens is 466 g/mol. The normalized spacial score (nSPS) is 14.8. The summed E-state index contributed by atoms with van der Waals surface area (Å²) in [5.41, 5.74) is 2.36. The number of methoxy groups -OCH3 is 1. The van der Waals surface area contributed by atoms with Gasteiger partial charge in [-0.3, -0.25) is 24.6 Å². The third-order valence-electron chi connectivity index (χ3n) is 6.26. The second kappa shape index (κ2) is 8.95. The van der Waals surface area contributed by atoms with E-state index in [1.807, 2.05) is 43.5 Å². The second-order valence-corrected chi connectivity index (χ2v) is 9.16. The molecule has 2 aromatic heterocycles. The predicted octanol–water partition coefficient (Wildman–Crippen LogP) is 4.12. The minimum Gasteiger partial charge on any atom is -0.497 e. The molecule has 0 bridgehead atoms. The molecule has 2 aromatic carbocycles. The lowest BCUT2D eigenvalue weighted by molar-refractivity contribution is -0.121. The molecule has 3 heterocycles. The summed E-state index contributed by atoms with van der Waals surface area (Å²) in [6.45, 7) is 3.75. The van der Waals surface area contributed by atoms with Gasteiger partial charge in [-0.2, -0.15) is 4.98 Å². The highest BCUT2D eigenvalue weighted by atomic mass is 32.1. The van der Waals surface area contributed by atoms with E-state index in [1.54, 1.807) is 35.9 Å². The standard InChI is InChI=1S/C25H23N5O4S/c1-4-14(2)20(29-22(32)17-7-5-6-8-18(17)23(29)33)21(31)26-24-27-25-30(28-24)19(13-35-25)15-9-11-16(34-3)12-10-15/h5-14,20H,4H2,1-3H3,(H,26,28,31). The molecule has 35 heavy (non-hydrogen) atoms. The molecule has 0 radical (unpaired) electrons. The van der Waals surface area contributed by atoms with Gasteiger partial charge in [0.1, 0.15) is 11.8 Å². The van der Waals surface area contributed by atoms with Crippen LogP contribution in [0.3, 0.4) is 0 Å². The van der Waals surface area contributed by atoms with Gasteiger partial charge in [0.25, 0.3) is 17.8 Å². The molecule has 9 nitrogen and oxygen atoms in total. The number of hydrogen-bond acceptors (Lipinski definition) is 7. The topological polar surface area (TPSA) is 106 Å². The number of carbonyl (C=O) groups excluding carboxylic acids is 3. The second-order valence-electron chi connectivity index (χ2n) is 8.32. The highest BCUT2D eigenvalue weighted by molar-refractivity contribution is 7.15. The molecule has 5 rings (SSSR count). The van der Waals surface area contributed by atoms with Crippen LogP contribution in [0.25, 0.3) is 16.2 Å². The molecule has 178 valence electrons. The van der Waals surface area contributed by atoms with Crippen LogP contribution in [0.4, 0.5) is 5.95 Å². The summed E-state index contributed by atoms with van der Waals surface area (Å²) in [7, 11) is 1.61. The Labute approximate surface area is 205 Å². The summed E-state index contributed by atoms with van der Waals surface area (Å²) >= 11 is 1.39. The van der Waals surface area contributed by atoms with Crippen molar-refractivity contribution in [2.75, 3.05) is 12.4 Å². The number of ether oxygens (including phenoxy) is 1. The van der Waals surface area contributed by atoms with E-state index >= 15 is 0 Å². The van der Waals surface area contributed by atoms with Gasteiger partial charge >= 0.3 is 0 Å². The maximum Gasteiger partial charge on any atom is 0.262 e. The molecular formula is C25H23N5O4S. The van der Waals surface area contributed by atoms with Crippen molar-refractivity contribution in [2.45, 2.75) is 26.3 Å². The zero-order valence-corrected chi connectivity index (χ0v) is 20.2. The lowest BCUT2D eigenvalue weighted by atomic mass is 9.96. The van der Waals surface area contributed by atoms with Crippen molar-refractivity contribution in [3.63, 3.8) is 0 Å². The van der Waals surface area contributed by atoms with Gasteiger partial charge in [-0.25, -0.2) is 4.52 Å². The van der Waals surface area contributed by atoms with Gasteiger partial charge in [0, 0.05) is 10.9 Å². The molecule has 0 spiro atoms. The summed E-state index contributed by atoms with van der Waals surface area (Å²) in [5.74, 6) is -0.843. The van der Waals surface area contributed by atoms with E-state index in [9.17, 15) is 14.4 Å². The fourth-order valence-corrected chi connectivity index (χ4v) is 5.02. The summed E-state index contributed by atoms with van der Waals surface area (Å²) in [6, 6.07) is 13.2. The lowest BCUT2D eigenvalue weighted by Crippen LogP contribution is -2.50. The number of hydrogen-bond donors (Lipinski definition) is 1. The molecule has 0 aliphatic carbocycles. The third kappa shape index (κ3) is 3.85. The minimum absolute atomic E-state index is 0.113. The molecule has 1 aliphatic heterocycles. The number of thiazole rings is 1. The Morgan fingerprint density at radius 3 is 2.34 bits per heavy atom. The first kappa shape index (κ1) is 22.7. The number of benzene rings is 2. The Balaban J connectivity index is 1.43. The molecule has 2 atom stereocenters. The maximum atomic E-state index is 13.4. The molecule has 3 amide bonds. The fraction of sp³-hybridized carbons (Fsp3) is 0.240. The van der Waals surface area contributed by atoms with E-state index in [-0.39, 0.29) is 11.9 Å². The van der Waals surface area contributed by atoms with Gasteiger partial charge in [-0.15, -0.1) is 16.4 Å². The Bertz CT molecular complexity index is 1410. The van der Waals surface area contributed by atoms with Crippen molar-refractivity contribution in [1.82, 2.24) is 19.5 Å². The Morgan fingerprint density at radius 2 is 1.74 bits per heavy atom. The lowest BCUT2D eigenvalue weighted by Gasteiger charge is -2.29. The van der Waals surface area contributed by atoms with Gasteiger partial charge in [-0.05, 0) is 42.3 Å². The van der Waals surface area contributed by atoms with Crippen LogP contribution in [0, 0.1) is 5.92 Å². The van der Waals surface area contributed by atoms with E-state index in [0.717, 1.165) is 21.9 Å². The van der Waals surface area contributed by atoms with E-state index < -0.39 is 23.8 Å². The van der Waals surface area contributed by atoms with Crippen LogP contribution in [0.15, 0.2) is 53.9 Å². The summed E-state index contributed by atoms with van der Waals surface area (Å²) < 4.78 is 6.87. The number of nitrogens with zero attached hydrogens (tertiary/aromatic N) is 4. The zero-order valence-electron chi connectivity index (χ0n) is 19.4. The zero-order chi connectivity index (χ0) is 24.7. The molecule has 1 aliphatic rings. The maximum absolute atomic E-state index is 13.4. The average Bonchev–Trinajstić information content (AvgIpc) is 3.52. The monoisotopic (exact) mass is 489 g/mol. The Kier molecular flexibility index (Phi) is 5.81. The van der Waals surface area contributed by atoms with E-state index in [0.29, 0.717) is 22.5 Å². The predicted molar refractivity (Wildman–Crippen MR) is 132 cm³/mol. The minimum atomic E-state index is -0.991. The molecule has 0 fully saturated rings. The summed E-state index contributed by atoms with van der Waals surface area (Å²) in [5, 5.41) is 9.13. The quantitative estimate of drug-likeness (QED) is 0.392. The van der Waals surface area contributed by atoms with Crippen molar-refractivity contribution in [2.24, 2.45) is 5.92 Å². The first-order chi connectivity index (χ1) is 16.9. The van der Waals surface area contributed by atoms with Gasteiger partial charge in [0.05, 0.1) is 23.9 Å². The molecule has 2 unspecified atom stereocenters. The largest absolute Gasteiger partial charge is 0.497 e.